The van der Waals surface area contributed by atoms with E-state index in [0.29, 0.717) is 6.54 Å². The lowest BCUT2D eigenvalue weighted by Gasteiger charge is -2.17. The molecule has 0 aliphatic heterocycles. The van der Waals surface area contributed by atoms with Gasteiger partial charge in [0.15, 0.2) is 0 Å². The van der Waals surface area contributed by atoms with Crippen LogP contribution in [0.3, 0.4) is 0 Å². The number of nitrogens with zero attached hydrogens (tertiary/aromatic N) is 1. The number of nitrogens with one attached hydrogen (secondary N) is 1. The van der Waals surface area contributed by atoms with Crippen LogP contribution in [0.25, 0.3) is 0 Å². The molecule has 1 N–H and O–H groups in total. The van der Waals surface area contributed by atoms with Crippen LogP contribution in [0, 0.1) is 0 Å². The normalized spacial score (nSPS) is 9.54. The smallest absolute Gasteiger partial charge is 0.234 e. The van der Waals surface area contributed by atoms with Crippen molar-refractivity contribution in [2.75, 3.05) is 32.1 Å². The van der Waals surface area contributed by atoms with Crippen molar-refractivity contribution >= 4 is 29.9 Å². The SMILES string of the molecule is CCN(CC)CCNC(=O)CCl.Cl. The van der Waals surface area contributed by atoms with E-state index in [2.05, 4.69) is 24.1 Å². The molecule has 0 heterocycles. The third-order valence-corrected chi connectivity index (χ3v) is 2.01. The van der Waals surface area contributed by atoms with Crippen LogP contribution in [-0.2, 0) is 4.79 Å². The highest BCUT2D eigenvalue weighted by molar-refractivity contribution is 6.27. The van der Waals surface area contributed by atoms with Gasteiger partial charge in [0.25, 0.3) is 0 Å². The molecule has 1 amide bonds. The van der Waals surface area contributed by atoms with Gasteiger partial charge in [0.2, 0.25) is 5.91 Å². The molecular weight excluding hydrogens is 211 g/mol. The Morgan fingerprint density at radius 2 is 1.92 bits per heavy atom. The summed E-state index contributed by atoms with van der Waals surface area (Å²) in [6, 6.07) is 0. The van der Waals surface area contributed by atoms with Gasteiger partial charge in [-0.05, 0) is 13.1 Å². The first kappa shape index (κ1) is 15.5. The Bertz CT molecular complexity index is 129. The molecule has 0 saturated carbocycles. The fraction of sp³-hybridized carbons (Fsp3) is 0.875. The van der Waals surface area contributed by atoms with Crippen LogP contribution in [0.15, 0.2) is 0 Å². The summed E-state index contributed by atoms with van der Waals surface area (Å²) in [4.78, 5) is 13.0. The average Bonchev–Trinajstić information content (AvgIpc) is 2.12. The van der Waals surface area contributed by atoms with Gasteiger partial charge in [0, 0.05) is 13.1 Å². The number of amides is 1. The molecule has 0 spiro atoms. The van der Waals surface area contributed by atoms with E-state index < -0.39 is 0 Å². The van der Waals surface area contributed by atoms with E-state index in [0.717, 1.165) is 19.6 Å². The maximum Gasteiger partial charge on any atom is 0.234 e. The van der Waals surface area contributed by atoms with Crippen molar-refractivity contribution < 1.29 is 4.79 Å². The molecule has 0 aliphatic carbocycles. The number of hydrogen-bond acceptors (Lipinski definition) is 2. The predicted molar refractivity (Wildman–Crippen MR) is 58.8 cm³/mol. The van der Waals surface area contributed by atoms with Crippen LogP contribution in [0.5, 0.6) is 0 Å². The minimum absolute atomic E-state index is 0. The van der Waals surface area contributed by atoms with E-state index in [4.69, 9.17) is 11.6 Å². The molecule has 3 nitrogen and oxygen atoms in total. The van der Waals surface area contributed by atoms with Crippen molar-refractivity contribution in [2.24, 2.45) is 0 Å². The van der Waals surface area contributed by atoms with Crippen molar-refractivity contribution in [3.8, 4) is 0 Å². The van der Waals surface area contributed by atoms with E-state index in [-0.39, 0.29) is 24.2 Å². The molecule has 13 heavy (non-hydrogen) atoms. The lowest BCUT2D eigenvalue weighted by molar-refractivity contribution is -0.118. The molecule has 0 aliphatic rings. The van der Waals surface area contributed by atoms with Gasteiger partial charge < -0.3 is 10.2 Å². The molecule has 0 saturated heterocycles. The number of likely N-dealkylation sites (N-methyl/N-ethyl adjacent to an activating group) is 1. The minimum atomic E-state index is -0.0937. The Kier molecular flexibility index (Phi) is 12.0. The van der Waals surface area contributed by atoms with E-state index in [1.54, 1.807) is 0 Å². The van der Waals surface area contributed by atoms with E-state index in [1.807, 2.05) is 0 Å². The van der Waals surface area contributed by atoms with Gasteiger partial charge in [-0.15, -0.1) is 24.0 Å². The Hall–Kier alpha value is 0.01000. The zero-order chi connectivity index (χ0) is 9.40. The molecule has 0 fully saturated rings. The molecular formula is C8H18Cl2N2O. The Labute approximate surface area is 91.2 Å². The van der Waals surface area contributed by atoms with E-state index >= 15 is 0 Å². The van der Waals surface area contributed by atoms with Gasteiger partial charge in [0.1, 0.15) is 5.88 Å². The van der Waals surface area contributed by atoms with Crippen LogP contribution < -0.4 is 5.32 Å². The second kappa shape index (κ2) is 10.1. The van der Waals surface area contributed by atoms with Gasteiger partial charge in [-0.3, -0.25) is 4.79 Å². The van der Waals surface area contributed by atoms with E-state index in [9.17, 15) is 4.79 Å². The van der Waals surface area contributed by atoms with Crippen LogP contribution in [-0.4, -0.2) is 42.9 Å². The van der Waals surface area contributed by atoms with Gasteiger partial charge in [0.05, 0.1) is 0 Å². The number of halogens is 2. The van der Waals surface area contributed by atoms with Crippen LogP contribution >= 0.6 is 24.0 Å². The average molecular weight is 229 g/mol. The molecule has 0 atom stereocenters. The second-order valence-corrected chi connectivity index (χ2v) is 2.78. The summed E-state index contributed by atoms with van der Waals surface area (Å²) < 4.78 is 0. The third-order valence-electron chi connectivity index (χ3n) is 1.77. The van der Waals surface area contributed by atoms with Crippen molar-refractivity contribution in [3.05, 3.63) is 0 Å². The molecule has 0 radical (unpaired) electrons. The highest BCUT2D eigenvalue weighted by Gasteiger charge is 2.00. The van der Waals surface area contributed by atoms with Gasteiger partial charge in [-0.25, -0.2) is 0 Å². The topological polar surface area (TPSA) is 32.3 Å². The first-order valence-electron chi connectivity index (χ1n) is 4.29. The second-order valence-electron chi connectivity index (χ2n) is 2.51. The number of rotatable bonds is 6. The Balaban J connectivity index is 0. The first-order chi connectivity index (χ1) is 5.74. The minimum Gasteiger partial charge on any atom is -0.354 e. The maximum absolute atomic E-state index is 10.7. The Morgan fingerprint density at radius 3 is 2.31 bits per heavy atom. The molecule has 80 valence electrons. The van der Waals surface area contributed by atoms with Crippen LogP contribution in [0.1, 0.15) is 13.8 Å². The fourth-order valence-corrected chi connectivity index (χ4v) is 1.04. The highest BCUT2D eigenvalue weighted by atomic mass is 35.5. The zero-order valence-electron chi connectivity index (χ0n) is 8.18. The lowest BCUT2D eigenvalue weighted by Crippen LogP contribution is -2.35. The lowest BCUT2D eigenvalue weighted by atomic mass is 10.4. The van der Waals surface area contributed by atoms with Crippen molar-refractivity contribution in [2.45, 2.75) is 13.8 Å². The molecule has 0 aromatic rings. The molecule has 0 unspecified atom stereocenters. The van der Waals surface area contributed by atoms with Gasteiger partial charge in [-0.1, -0.05) is 13.8 Å². The van der Waals surface area contributed by atoms with Gasteiger partial charge >= 0.3 is 0 Å². The maximum atomic E-state index is 10.7. The quantitative estimate of drug-likeness (QED) is 0.692. The standard InChI is InChI=1S/C8H17ClN2O.ClH/c1-3-11(4-2)6-5-10-8(12)7-9;/h3-7H2,1-2H3,(H,10,12);1H. The van der Waals surface area contributed by atoms with Crippen molar-refractivity contribution in [1.29, 1.82) is 0 Å². The van der Waals surface area contributed by atoms with Crippen LogP contribution in [0.4, 0.5) is 0 Å². The summed E-state index contributed by atoms with van der Waals surface area (Å²) in [5.41, 5.74) is 0. The summed E-state index contributed by atoms with van der Waals surface area (Å²) in [6.07, 6.45) is 0. The van der Waals surface area contributed by atoms with Crippen LogP contribution in [0.2, 0.25) is 0 Å². The summed E-state index contributed by atoms with van der Waals surface area (Å²) in [5.74, 6) is -0.0399. The summed E-state index contributed by atoms with van der Waals surface area (Å²) in [6.45, 7) is 7.84. The largest absolute Gasteiger partial charge is 0.354 e. The van der Waals surface area contributed by atoms with Crippen molar-refractivity contribution in [1.82, 2.24) is 10.2 Å². The monoisotopic (exact) mass is 228 g/mol. The molecule has 0 bridgehead atoms. The predicted octanol–water partition coefficient (Wildman–Crippen LogP) is 1.10. The third kappa shape index (κ3) is 8.34. The summed E-state index contributed by atoms with van der Waals surface area (Å²) >= 11 is 5.31. The number of hydrogen-bond donors (Lipinski definition) is 1. The number of carbonyl (C=O) groups excluding carboxylic acids is 1. The number of alkyl halides is 1. The molecule has 0 aromatic carbocycles. The first-order valence-corrected chi connectivity index (χ1v) is 4.83. The molecule has 0 rings (SSSR count). The highest BCUT2D eigenvalue weighted by Crippen LogP contribution is 1.84. The van der Waals surface area contributed by atoms with E-state index in [1.165, 1.54) is 0 Å². The summed E-state index contributed by atoms with van der Waals surface area (Å²) in [5, 5.41) is 2.72. The summed E-state index contributed by atoms with van der Waals surface area (Å²) in [7, 11) is 0. The van der Waals surface area contributed by atoms with Crippen molar-refractivity contribution in [3.63, 3.8) is 0 Å². The zero-order valence-corrected chi connectivity index (χ0v) is 9.75. The fourth-order valence-electron chi connectivity index (χ4n) is 0.941. The molecule has 0 aromatic heterocycles. The number of carbonyl (C=O) groups is 1. The Morgan fingerprint density at radius 1 is 1.38 bits per heavy atom. The molecule has 5 heteroatoms. The van der Waals surface area contributed by atoms with Gasteiger partial charge in [-0.2, -0.15) is 0 Å².